The highest BCUT2D eigenvalue weighted by molar-refractivity contribution is 5.95. The summed E-state index contributed by atoms with van der Waals surface area (Å²) in [5, 5.41) is 10.8. The second-order valence-corrected chi connectivity index (χ2v) is 3.33. The zero-order valence-corrected chi connectivity index (χ0v) is 9.98. The van der Waals surface area contributed by atoms with Gasteiger partial charge in [0.2, 0.25) is 5.75 Å². The van der Waals surface area contributed by atoms with Gasteiger partial charge < -0.3 is 9.47 Å². The van der Waals surface area contributed by atoms with E-state index in [0.29, 0.717) is 6.20 Å². The largest absolute Gasteiger partial charge is 0.573 e. The number of nitrogens with zero attached hydrogens (tertiary/aromatic N) is 2. The van der Waals surface area contributed by atoms with Crippen molar-refractivity contribution >= 4 is 11.7 Å². The average molecular weight is 316 g/mol. The molecular weight excluding hydrogens is 311 g/mol. The van der Waals surface area contributed by atoms with Crippen molar-refractivity contribution < 1.29 is 41.1 Å². The van der Waals surface area contributed by atoms with E-state index in [9.17, 15) is 36.9 Å². The Bertz CT molecular complexity index is 574. The number of ether oxygens (including phenoxy) is 2. The van der Waals surface area contributed by atoms with Gasteiger partial charge in [-0.1, -0.05) is 0 Å². The van der Waals surface area contributed by atoms with Crippen molar-refractivity contribution in [3.8, 4) is 5.75 Å². The molecule has 1 heterocycles. The van der Waals surface area contributed by atoms with Gasteiger partial charge in [0.15, 0.2) is 11.3 Å². The highest BCUT2D eigenvalue weighted by atomic mass is 19.4. The van der Waals surface area contributed by atoms with E-state index >= 15 is 0 Å². The molecule has 0 amide bonds. The number of rotatable bonds is 4. The van der Waals surface area contributed by atoms with Crippen molar-refractivity contribution in [2.45, 2.75) is 12.8 Å². The molecule has 0 aliphatic heterocycles. The van der Waals surface area contributed by atoms with Gasteiger partial charge in [-0.3, -0.25) is 10.1 Å². The van der Waals surface area contributed by atoms with Crippen molar-refractivity contribution in [2.24, 2.45) is 0 Å². The van der Waals surface area contributed by atoms with Gasteiger partial charge in [-0.2, -0.15) is 0 Å². The van der Waals surface area contributed by atoms with E-state index in [1.807, 2.05) is 0 Å². The van der Waals surface area contributed by atoms with Crippen LogP contribution in [0, 0.1) is 10.1 Å². The number of hydrogen-bond donors (Lipinski definition) is 0. The molecule has 0 aromatic carbocycles. The molecule has 12 heteroatoms. The van der Waals surface area contributed by atoms with Crippen molar-refractivity contribution in [1.82, 2.24) is 4.98 Å². The highest BCUT2D eigenvalue weighted by Crippen LogP contribution is 2.40. The molecule has 0 unspecified atom stereocenters. The van der Waals surface area contributed by atoms with E-state index in [1.165, 1.54) is 0 Å². The molecule has 0 saturated carbocycles. The maximum atomic E-state index is 12.6. The van der Waals surface area contributed by atoms with Crippen LogP contribution < -0.4 is 4.74 Å². The van der Waals surface area contributed by atoms with Crippen molar-refractivity contribution in [2.75, 3.05) is 7.11 Å². The molecule has 0 bridgehead atoms. The maximum absolute atomic E-state index is 12.6. The Morgan fingerprint density at radius 3 is 2.38 bits per heavy atom. The van der Waals surface area contributed by atoms with Crippen molar-refractivity contribution in [1.29, 1.82) is 0 Å². The van der Waals surface area contributed by atoms with Crippen LogP contribution in [0.15, 0.2) is 6.20 Å². The van der Waals surface area contributed by atoms with Gasteiger partial charge >= 0.3 is 18.0 Å². The first-order valence-corrected chi connectivity index (χ1v) is 4.88. The van der Waals surface area contributed by atoms with Gasteiger partial charge in [0.25, 0.3) is 6.43 Å². The van der Waals surface area contributed by atoms with Crippen LogP contribution >= 0.6 is 0 Å². The van der Waals surface area contributed by atoms with E-state index < -0.39 is 46.4 Å². The summed E-state index contributed by atoms with van der Waals surface area (Å²) < 4.78 is 69.2. The highest BCUT2D eigenvalue weighted by Gasteiger charge is 2.41. The van der Waals surface area contributed by atoms with E-state index in [2.05, 4.69) is 14.5 Å². The predicted octanol–water partition coefficient (Wildman–Crippen LogP) is 2.61. The lowest BCUT2D eigenvalue weighted by Gasteiger charge is -2.13. The number of halogens is 5. The minimum Gasteiger partial charge on any atom is -0.465 e. The summed E-state index contributed by atoms with van der Waals surface area (Å²) in [6.45, 7) is 0. The molecular formula is C9H5F5N2O5. The molecule has 0 atom stereocenters. The molecule has 0 radical (unpaired) electrons. The lowest BCUT2D eigenvalue weighted by Crippen LogP contribution is -2.21. The third-order valence-corrected chi connectivity index (χ3v) is 2.05. The third kappa shape index (κ3) is 3.73. The molecule has 1 aromatic rings. The SMILES string of the molecule is COC(=O)c1cnc(C(F)F)c(OC(F)(F)F)c1[N+](=O)[O-]. The summed E-state index contributed by atoms with van der Waals surface area (Å²) >= 11 is 0. The van der Waals surface area contributed by atoms with Crippen molar-refractivity contribution in [3.63, 3.8) is 0 Å². The summed E-state index contributed by atoms with van der Waals surface area (Å²) in [4.78, 5) is 23.5. The van der Waals surface area contributed by atoms with Gasteiger partial charge in [-0.25, -0.2) is 18.6 Å². The maximum Gasteiger partial charge on any atom is 0.573 e. The minimum absolute atomic E-state index is 0.314. The number of nitro groups is 1. The molecule has 0 aliphatic rings. The molecule has 0 fully saturated rings. The zero-order valence-electron chi connectivity index (χ0n) is 9.98. The van der Waals surface area contributed by atoms with Crippen LogP contribution in [0.25, 0.3) is 0 Å². The van der Waals surface area contributed by atoms with Gasteiger partial charge in [-0.05, 0) is 0 Å². The molecule has 0 saturated heterocycles. The van der Waals surface area contributed by atoms with E-state index in [1.54, 1.807) is 0 Å². The fourth-order valence-electron chi connectivity index (χ4n) is 1.31. The van der Waals surface area contributed by atoms with E-state index in [-0.39, 0.29) is 0 Å². The fraction of sp³-hybridized carbons (Fsp3) is 0.333. The van der Waals surface area contributed by atoms with Crippen LogP contribution in [0.5, 0.6) is 5.75 Å². The summed E-state index contributed by atoms with van der Waals surface area (Å²) in [5.74, 6) is -3.28. The zero-order chi connectivity index (χ0) is 16.4. The quantitative estimate of drug-likeness (QED) is 0.367. The number of methoxy groups -OCH3 is 1. The van der Waals surface area contributed by atoms with Crippen LogP contribution in [0.3, 0.4) is 0 Å². The minimum atomic E-state index is -5.50. The van der Waals surface area contributed by atoms with Crippen LogP contribution in [-0.2, 0) is 4.74 Å². The Hall–Kier alpha value is -2.53. The Morgan fingerprint density at radius 1 is 1.43 bits per heavy atom. The van der Waals surface area contributed by atoms with Crippen LogP contribution in [0.4, 0.5) is 27.6 Å². The topological polar surface area (TPSA) is 91.6 Å². The van der Waals surface area contributed by atoms with E-state index in [4.69, 9.17) is 0 Å². The first kappa shape index (κ1) is 16.5. The number of aromatic nitrogens is 1. The fourth-order valence-corrected chi connectivity index (χ4v) is 1.31. The second kappa shape index (κ2) is 5.85. The Balaban J connectivity index is 3.65. The van der Waals surface area contributed by atoms with Gasteiger partial charge in [0.1, 0.15) is 0 Å². The molecule has 116 valence electrons. The van der Waals surface area contributed by atoms with Crippen LogP contribution in [0.2, 0.25) is 0 Å². The van der Waals surface area contributed by atoms with Gasteiger partial charge in [-0.15, -0.1) is 13.2 Å². The number of esters is 1. The van der Waals surface area contributed by atoms with Gasteiger partial charge in [0.05, 0.1) is 12.0 Å². The lowest BCUT2D eigenvalue weighted by molar-refractivity contribution is -0.389. The molecule has 0 aliphatic carbocycles. The van der Waals surface area contributed by atoms with Gasteiger partial charge in [0, 0.05) is 6.20 Å². The number of pyridine rings is 1. The summed E-state index contributed by atoms with van der Waals surface area (Å²) in [6.07, 6.45) is -8.77. The predicted molar refractivity (Wildman–Crippen MR) is 53.9 cm³/mol. The monoisotopic (exact) mass is 316 g/mol. The standard InChI is InChI=1S/C9H5F5N2O5/c1-20-8(17)3-2-15-4(7(10)11)6(5(3)16(18)19)21-9(12,13)14/h2,7H,1H3. The average Bonchev–Trinajstić information content (AvgIpc) is 2.34. The van der Waals surface area contributed by atoms with Crippen LogP contribution in [-0.4, -0.2) is 29.3 Å². The number of hydrogen-bond acceptors (Lipinski definition) is 6. The molecule has 7 nitrogen and oxygen atoms in total. The summed E-state index contributed by atoms with van der Waals surface area (Å²) in [5.41, 5.74) is -4.28. The lowest BCUT2D eigenvalue weighted by atomic mass is 10.2. The van der Waals surface area contributed by atoms with Crippen molar-refractivity contribution in [3.05, 3.63) is 27.6 Å². The number of carbonyl (C=O) groups excluding carboxylic acids is 1. The molecule has 1 rings (SSSR count). The van der Waals surface area contributed by atoms with Crippen LogP contribution in [0.1, 0.15) is 22.5 Å². The first-order chi connectivity index (χ1) is 9.58. The first-order valence-electron chi connectivity index (χ1n) is 4.88. The second-order valence-electron chi connectivity index (χ2n) is 3.33. The molecule has 0 N–H and O–H groups in total. The number of alkyl halides is 5. The third-order valence-electron chi connectivity index (χ3n) is 2.05. The normalized spacial score (nSPS) is 11.4. The molecule has 0 spiro atoms. The number of carbonyl (C=O) groups is 1. The Labute approximate surface area is 112 Å². The molecule has 1 aromatic heterocycles. The Kier molecular flexibility index (Phi) is 4.60. The summed E-state index contributed by atoms with van der Waals surface area (Å²) in [6, 6.07) is 0. The summed E-state index contributed by atoms with van der Waals surface area (Å²) in [7, 11) is 0.789. The smallest absolute Gasteiger partial charge is 0.465 e. The molecule has 21 heavy (non-hydrogen) atoms. The van der Waals surface area contributed by atoms with E-state index in [0.717, 1.165) is 7.11 Å². The Morgan fingerprint density at radius 2 is 2.00 bits per heavy atom.